The molecule has 2 aromatic rings. The summed E-state index contributed by atoms with van der Waals surface area (Å²) in [6.45, 7) is 3.63. The minimum absolute atomic E-state index is 0.136. The molecule has 0 aliphatic heterocycles. The largest absolute Gasteiger partial charge is 0.398 e. The maximum absolute atomic E-state index is 13.0. The molecule has 19 heavy (non-hydrogen) atoms. The average molecular weight is 278 g/mol. The molecule has 0 atom stereocenters. The van der Waals surface area contributed by atoms with E-state index in [1.165, 1.54) is 12.1 Å². The standard InChI is InChI=1S/C15H13ClFNO/c1-8-6-13(16)9(2)5-12(8)15(19)11-4-3-10(17)7-14(11)18/h3-7H,18H2,1-2H3. The normalized spacial score (nSPS) is 10.5. The molecule has 0 saturated heterocycles. The predicted molar refractivity (Wildman–Crippen MR) is 75.2 cm³/mol. The third-order valence-electron chi connectivity index (χ3n) is 3.01. The van der Waals surface area contributed by atoms with Crippen LogP contribution >= 0.6 is 11.6 Å². The third-order valence-corrected chi connectivity index (χ3v) is 3.42. The first kappa shape index (κ1) is 13.6. The van der Waals surface area contributed by atoms with Gasteiger partial charge >= 0.3 is 0 Å². The molecular formula is C15H13ClFNO. The van der Waals surface area contributed by atoms with Gasteiger partial charge in [-0.3, -0.25) is 4.79 Å². The summed E-state index contributed by atoms with van der Waals surface area (Å²) >= 11 is 6.00. The van der Waals surface area contributed by atoms with Crippen LogP contribution in [0.3, 0.4) is 0 Å². The van der Waals surface area contributed by atoms with Gasteiger partial charge < -0.3 is 5.73 Å². The van der Waals surface area contributed by atoms with Gasteiger partial charge in [0.05, 0.1) is 0 Å². The van der Waals surface area contributed by atoms with Gasteiger partial charge in [-0.05, 0) is 55.3 Å². The van der Waals surface area contributed by atoms with E-state index in [0.29, 0.717) is 16.1 Å². The van der Waals surface area contributed by atoms with Crippen molar-refractivity contribution < 1.29 is 9.18 Å². The Bertz CT molecular complexity index is 667. The molecule has 0 aliphatic rings. The van der Waals surface area contributed by atoms with Gasteiger partial charge in [0.25, 0.3) is 0 Å². The summed E-state index contributed by atoms with van der Waals surface area (Å²) in [6, 6.07) is 7.23. The molecule has 2 rings (SSSR count). The molecule has 0 radical (unpaired) electrons. The van der Waals surface area contributed by atoms with E-state index in [2.05, 4.69) is 0 Å². The Morgan fingerprint density at radius 3 is 2.42 bits per heavy atom. The summed E-state index contributed by atoms with van der Waals surface area (Å²) in [5, 5.41) is 0.612. The third kappa shape index (κ3) is 2.61. The fourth-order valence-electron chi connectivity index (χ4n) is 1.91. The highest BCUT2D eigenvalue weighted by Crippen LogP contribution is 2.24. The average Bonchev–Trinajstić information content (AvgIpc) is 2.33. The fourth-order valence-corrected chi connectivity index (χ4v) is 2.13. The highest BCUT2D eigenvalue weighted by atomic mass is 35.5. The second kappa shape index (κ2) is 5.02. The van der Waals surface area contributed by atoms with Gasteiger partial charge in [0.2, 0.25) is 0 Å². The Morgan fingerprint density at radius 1 is 1.11 bits per heavy atom. The lowest BCUT2D eigenvalue weighted by molar-refractivity contribution is 0.103. The number of anilines is 1. The number of benzene rings is 2. The van der Waals surface area contributed by atoms with Crippen molar-refractivity contribution in [2.45, 2.75) is 13.8 Å². The summed E-state index contributed by atoms with van der Waals surface area (Å²) in [5.74, 6) is -0.687. The Morgan fingerprint density at radius 2 is 1.79 bits per heavy atom. The maximum Gasteiger partial charge on any atom is 0.195 e. The predicted octanol–water partition coefficient (Wildman–Crippen LogP) is 3.91. The van der Waals surface area contributed by atoms with Crippen LogP contribution in [0, 0.1) is 19.7 Å². The minimum Gasteiger partial charge on any atom is -0.398 e. The fraction of sp³-hybridized carbons (Fsp3) is 0.133. The van der Waals surface area contributed by atoms with Crippen LogP contribution in [0.4, 0.5) is 10.1 Å². The summed E-state index contributed by atoms with van der Waals surface area (Å²) < 4.78 is 13.0. The van der Waals surface area contributed by atoms with Crippen molar-refractivity contribution in [3.8, 4) is 0 Å². The topological polar surface area (TPSA) is 43.1 Å². The molecule has 4 heteroatoms. The van der Waals surface area contributed by atoms with Gasteiger partial charge in [-0.25, -0.2) is 4.39 Å². The van der Waals surface area contributed by atoms with Crippen LogP contribution in [0.15, 0.2) is 30.3 Å². The number of carbonyl (C=O) groups is 1. The van der Waals surface area contributed by atoms with Crippen molar-refractivity contribution in [1.82, 2.24) is 0 Å². The zero-order chi connectivity index (χ0) is 14.2. The number of nitrogens with two attached hydrogens (primary N) is 1. The van der Waals surface area contributed by atoms with Crippen LogP contribution in [-0.4, -0.2) is 5.78 Å². The van der Waals surface area contributed by atoms with E-state index in [9.17, 15) is 9.18 Å². The summed E-state index contributed by atoms with van der Waals surface area (Å²) in [7, 11) is 0. The summed E-state index contributed by atoms with van der Waals surface area (Å²) in [4.78, 5) is 12.4. The van der Waals surface area contributed by atoms with E-state index < -0.39 is 5.82 Å². The van der Waals surface area contributed by atoms with Crippen molar-refractivity contribution >= 4 is 23.1 Å². The highest BCUT2D eigenvalue weighted by Gasteiger charge is 2.16. The van der Waals surface area contributed by atoms with E-state index >= 15 is 0 Å². The number of rotatable bonds is 2. The lowest BCUT2D eigenvalue weighted by Gasteiger charge is -2.10. The second-order valence-corrected chi connectivity index (χ2v) is 4.88. The molecule has 0 aliphatic carbocycles. The van der Waals surface area contributed by atoms with Crippen molar-refractivity contribution in [3.63, 3.8) is 0 Å². The summed E-state index contributed by atoms with van der Waals surface area (Å²) in [6.07, 6.45) is 0. The van der Waals surface area contributed by atoms with E-state index in [1.54, 1.807) is 19.1 Å². The number of halogens is 2. The zero-order valence-electron chi connectivity index (χ0n) is 10.6. The number of aryl methyl sites for hydroxylation is 2. The molecular weight excluding hydrogens is 265 g/mol. The van der Waals surface area contributed by atoms with Crippen LogP contribution in [0.2, 0.25) is 5.02 Å². The van der Waals surface area contributed by atoms with Crippen LogP contribution < -0.4 is 5.73 Å². The number of ketones is 1. The van der Waals surface area contributed by atoms with E-state index in [4.69, 9.17) is 17.3 Å². The summed E-state index contributed by atoms with van der Waals surface area (Å²) in [5.41, 5.74) is 8.24. The van der Waals surface area contributed by atoms with Gasteiger partial charge in [-0.15, -0.1) is 0 Å². The van der Waals surface area contributed by atoms with E-state index in [1.807, 2.05) is 6.92 Å². The molecule has 0 aromatic heterocycles. The molecule has 0 spiro atoms. The van der Waals surface area contributed by atoms with Crippen molar-refractivity contribution in [1.29, 1.82) is 0 Å². The number of carbonyl (C=O) groups excluding carboxylic acids is 1. The Balaban J connectivity index is 2.53. The van der Waals surface area contributed by atoms with Crippen molar-refractivity contribution in [2.75, 3.05) is 5.73 Å². The number of hydrogen-bond acceptors (Lipinski definition) is 2. The Labute approximate surface area is 116 Å². The molecule has 0 fully saturated rings. The molecule has 2 nitrogen and oxygen atoms in total. The van der Waals surface area contributed by atoms with E-state index in [0.717, 1.165) is 17.2 Å². The Kier molecular flexibility index (Phi) is 3.58. The van der Waals surface area contributed by atoms with Crippen LogP contribution in [-0.2, 0) is 0 Å². The molecule has 0 saturated carbocycles. The maximum atomic E-state index is 13.0. The van der Waals surface area contributed by atoms with Gasteiger partial charge in [0.1, 0.15) is 5.82 Å². The van der Waals surface area contributed by atoms with Crippen LogP contribution in [0.5, 0.6) is 0 Å². The minimum atomic E-state index is -0.460. The molecule has 0 bridgehead atoms. The van der Waals surface area contributed by atoms with Gasteiger partial charge in [0.15, 0.2) is 5.78 Å². The zero-order valence-corrected chi connectivity index (χ0v) is 11.4. The van der Waals surface area contributed by atoms with Gasteiger partial charge in [-0.2, -0.15) is 0 Å². The SMILES string of the molecule is Cc1cc(C(=O)c2ccc(F)cc2N)c(C)cc1Cl. The van der Waals surface area contributed by atoms with Crippen LogP contribution in [0.1, 0.15) is 27.0 Å². The molecule has 0 amide bonds. The quantitative estimate of drug-likeness (QED) is 0.668. The lowest BCUT2D eigenvalue weighted by Crippen LogP contribution is -2.08. The molecule has 0 heterocycles. The van der Waals surface area contributed by atoms with E-state index in [-0.39, 0.29) is 11.5 Å². The molecule has 98 valence electrons. The van der Waals surface area contributed by atoms with Crippen molar-refractivity contribution in [2.24, 2.45) is 0 Å². The number of nitrogen functional groups attached to an aromatic ring is 1. The number of hydrogen-bond donors (Lipinski definition) is 1. The monoisotopic (exact) mass is 277 g/mol. The van der Waals surface area contributed by atoms with Gasteiger partial charge in [-0.1, -0.05) is 11.6 Å². The van der Waals surface area contributed by atoms with Gasteiger partial charge in [0, 0.05) is 21.8 Å². The smallest absolute Gasteiger partial charge is 0.195 e. The first-order valence-electron chi connectivity index (χ1n) is 5.76. The lowest BCUT2D eigenvalue weighted by atomic mass is 9.96. The first-order valence-corrected chi connectivity index (χ1v) is 6.14. The Hall–Kier alpha value is -1.87. The van der Waals surface area contributed by atoms with Crippen molar-refractivity contribution in [3.05, 3.63) is 63.4 Å². The highest BCUT2D eigenvalue weighted by molar-refractivity contribution is 6.31. The second-order valence-electron chi connectivity index (χ2n) is 4.48. The molecule has 2 aromatic carbocycles. The first-order chi connectivity index (χ1) is 8.90. The molecule has 0 unspecified atom stereocenters. The molecule has 2 N–H and O–H groups in total. The van der Waals surface area contributed by atoms with Crippen LogP contribution in [0.25, 0.3) is 0 Å².